The number of halogens is 2. The number of nitriles is 1. The molecule has 1 aromatic carbocycles. The van der Waals surface area contributed by atoms with Crippen LogP contribution in [0.25, 0.3) is 0 Å². The molecule has 0 fully saturated rings. The van der Waals surface area contributed by atoms with Crippen molar-refractivity contribution >= 4 is 29.3 Å². The van der Waals surface area contributed by atoms with Crippen molar-refractivity contribution in [3.05, 3.63) is 46.1 Å². The molecule has 0 aliphatic carbocycles. The molecule has 0 radical (unpaired) electrons. The number of hydrogen-bond acceptors (Lipinski definition) is 3. The molecule has 6 heteroatoms. The van der Waals surface area contributed by atoms with E-state index < -0.39 is 6.09 Å². The van der Waals surface area contributed by atoms with Gasteiger partial charge in [0, 0.05) is 0 Å². The number of hydrogen-bond donors (Lipinski definition) is 1. The molecular weight excluding hydrogens is 263 g/mol. The summed E-state index contributed by atoms with van der Waals surface area (Å²) in [5, 5.41) is 10.7. The lowest BCUT2D eigenvalue weighted by Crippen LogP contribution is -2.23. The first kappa shape index (κ1) is 13.4. The SMILES string of the molecule is N#CC(NC(=O)OCc1ccccc1)=C(Cl)Cl. The van der Waals surface area contributed by atoms with E-state index in [1.807, 2.05) is 30.3 Å². The molecule has 0 aliphatic heterocycles. The van der Waals surface area contributed by atoms with Crippen molar-refractivity contribution < 1.29 is 9.53 Å². The van der Waals surface area contributed by atoms with Gasteiger partial charge in [-0.3, -0.25) is 5.32 Å². The van der Waals surface area contributed by atoms with E-state index in [1.165, 1.54) is 0 Å². The lowest BCUT2D eigenvalue weighted by atomic mass is 10.2. The third kappa shape index (κ3) is 4.77. The number of rotatable bonds is 3. The molecule has 0 heterocycles. The Bertz CT molecular complexity index is 462. The number of allylic oxidation sites excluding steroid dienone is 1. The van der Waals surface area contributed by atoms with Gasteiger partial charge in [0.25, 0.3) is 0 Å². The van der Waals surface area contributed by atoms with Crippen molar-refractivity contribution in [1.82, 2.24) is 5.32 Å². The van der Waals surface area contributed by atoms with Crippen LogP contribution in [0.4, 0.5) is 4.79 Å². The van der Waals surface area contributed by atoms with Gasteiger partial charge in [0.15, 0.2) is 5.70 Å². The molecule has 1 aromatic rings. The number of carbonyl (C=O) groups excluding carboxylic acids is 1. The van der Waals surface area contributed by atoms with Gasteiger partial charge in [-0.25, -0.2) is 4.79 Å². The highest BCUT2D eigenvalue weighted by molar-refractivity contribution is 6.56. The molecule has 1 rings (SSSR count). The summed E-state index contributed by atoms with van der Waals surface area (Å²) in [6.07, 6.45) is -0.788. The van der Waals surface area contributed by atoms with Gasteiger partial charge in [0.05, 0.1) is 0 Å². The summed E-state index contributed by atoms with van der Waals surface area (Å²) >= 11 is 10.7. The van der Waals surface area contributed by atoms with Gasteiger partial charge in [0.2, 0.25) is 0 Å². The standard InChI is InChI=1S/C11H8Cl2N2O2/c12-10(13)9(6-14)15-11(16)17-7-8-4-2-1-3-5-8/h1-5H,7H2,(H,15,16). The summed E-state index contributed by atoms with van der Waals surface area (Å²) in [6.45, 7) is 0.102. The van der Waals surface area contributed by atoms with E-state index in [4.69, 9.17) is 33.2 Å². The predicted octanol–water partition coefficient (Wildman–Crippen LogP) is 3.08. The van der Waals surface area contributed by atoms with Crippen molar-refractivity contribution in [2.45, 2.75) is 6.61 Å². The molecule has 0 atom stereocenters. The second-order valence-electron chi connectivity index (χ2n) is 2.93. The Hall–Kier alpha value is -1.70. The highest BCUT2D eigenvalue weighted by atomic mass is 35.5. The second kappa shape index (κ2) is 6.79. The van der Waals surface area contributed by atoms with E-state index in [2.05, 4.69) is 5.32 Å². The largest absolute Gasteiger partial charge is 0.444 e. The first-order valence-electron chi connectivity index (χ1n) is 4.56. The van der Waals surface area contributed by atoms with Crippen molar-refractivity contribution in [2.75, 3.05) is 0 Å². The number of amides is 1. The monoisotopic (exact) mass is 270 g/mol. The molecule has 88 valence electrons. The minimum Gasteiger partial charge on any atom is -0.444 e. The maximum atomic E-state index is 11.3. The van der Waals surface area contributed by atoms with E-state index in [0.717, 1.165) is 5.56 Å². The summed E-state index contributed by atoms with van der Waals surface area (Å²) < 4.78 is 4.54. The zero-order chi connectivity index (χ0) is 12.7. The second-order valence-corrected chi connectivity index (χ2v) is 3.88. The Labute approximate surface area is 108 Å². The van der Waals surface area contributed by atoms with E-state index in [0.29, 0.717) is 0 Å². The number of ether oxygens (including phenoxy) is 1. The van der Waals surface area contributed by atoms with Crippen molar-refractivity contribution in [1.29, 1.82) is 5.26 Å². The van der Waals surface area contributed by atoms with Crippen LogP contribution in [0, 0.1) is 11.3 Å². The van der Waals surface area contributed by atoms with Gasteiger partial charge >= 0.3 is 6.09 Å². The Morgan fingerprint density at radius 3 is 2.53 bits per heavy atom. The number of nitrogens with zero attached hydrogens (tertiary/aromatic N) is 1. The van der Waals surface area contributed by atoms with E-state index >= 15 is 0 Å². The number of benzene rings is 1. The molecule has 0 spiro atoms. The highest BCUT2D eigenvalue weighted by Gasteiger charge is 2.08. The van der Waals surface area contributed by atoms with Gasteiger partial charge in [0.1, 0.15) is 17.2 Å². The average molecular weight is 271 g/mol. The van der Waals surface area contributed by atoms with E-state index in [9.17, 15) is 4.79 Å². The molecule has 4 nitrogen and oxygen atoms in total. The smallest absolute Gasteiger partial charge is 0.412 e. The van der Waals surface area contributed by atoms with E-state index in [1.54, 1.807) is 6.07 Å². The van der Waals surface area contributed by atoms with Crippen LogP contribution in [0.5, 0.6) is 0 Å². The Balaban J connectivity index is 2.47. The average Bonchev–Trinajstić information content (AvgIpc) is 2.34. The first-order chi connectivity index (χ1) is 8.13. The third-order valence-corrected chi connectivity index (χ3v) is 2.12. The van der Waals surface area contributed by atoms with Gasteiger partial charge in [-0.1, -0.05) is 53.5 Å². The Morgan fingerprint density at radius 1 is 1.35 bits per heavy atom. The quantitative estimate of drug-likeness (QED) is 0.859. The molecule has 0 bridgehead atoms. The van der Waals surface area contributed by atoms with Gasteiger partial charge in [-0.05, 0) is 5.56 Å². The minimum atomic E-state index is -0.788. The predicted molar refractivity (Wildman–Crippen MR) is 64.1 cm³/mol. The lowest BCUT2D eigenvalue weighted by molar-refractivity contribution is 0.143. The van der Waals surface area contributed by atoms with Gasteiger partial charge in [-0.15, -0.1) is 0 Å². The molecule has 1 N–H and O–H groups in total. The molecule has 0 unspecified atom stereocenters. The molecular formula is C11H8Cl2N2O2. The summed E-state index contributed by atoms with van der Waals surface area (Å²) in [5.41, 5.74) is 0.591. The molecule has 0 aromatic heterocycles. The van der Waals surface area contributed by atoms with Crippen LogP contribution < -0.4 is 5.32 Å². The van der Waals surface area contributed by atoms with Crippen molar-refractivity contribution in [2.24, 2.45) is 0 Å². The fraction of sp³-hybridized carbons (Fsp3) is 0.0909. The summed E-state index contributed by atoms with van der Waals surface area (Å²) in [7, 11) is 0. The Morgan fingerprint density at radius 2 is 2.00 bits per heavy atom. The van der Waals surface area contributed by atoms with Crippen LogP contribution in [-0.4, -0.2) is 6.09 Å². The molecule has 1 amide bonds. The topological polar surface area (TPSA) is 62.1 Å². The van der Waals surface area contributed by atoms with Crippen LogP contribution in [-0.2, 0) is 11.3 Å². The molecule has 0 saturated heterocycles. The summed E-state index contributed by atoms with van der Waals surface area (Å²) in [6, 6.07) is 10.8. The third-order valence-electron chi connectivity index (χ3n) is 1.74. The molecule has 0 saturated carbocycles. The van der Waals surface area contributed by atoms with Crippen LogP contribution in [0.3, 0.4) is 0 Å². The first-order valence-corrected chi connectivity index (χ1v) is 5.32. The van der Waals surface area contributed by atoms with Crippen LogP contribution >= 0.6 is 23.2 Å². The normalized spacial score (nSPS) is 9.00. The lowest BCUT2D eigenvalue weighted by Gasteiger charge is -2.05. The van der Waals surface area contributed by atoms with Crippen molar-refractivity contribution in [3.8, 4) is 6.07 Å². The summed E-state index contributed by atoms with van der Waals surface area (Å²) in [4.78, 5) is 11.3. The molecule has 17 heavy (non-hydrogen) atoms. The minimum absolute atomic E-state index is 0.102. The fourth-order valence-corrected chi connectivity index (χ4v) is 1.16. The maximum absolute atomic E-state index is 11.3. The zero-order valence-corrected chi connectivity index (χ0v) is 10.1. The van der Waals surface area contributed by atoms with Gasteiger partial charge < -0.3 is 4.74 Å². The zero-order valence-electron chi connectivity index (χ0n) is 8.61. The highest BCUT2D eigenvalue weighted by Crippen LogP contribution is 2.11. The number of nitrogens with one attached hydrogen (secondary N) is 1. The van der Waals surface area contributed by atoms with Crippen LogP contribution in [0.1, 0.15) is 5.56 Å². The summed E-state index contributed by atoms with van der Waals surface area (Å²) in [5.74, 6) is 0. The Kier molecular flexibility index (Phi) is 5.34. The van der Waals surface area contributed by atoms with Crippen molar-refractivity contribution in [3.63, 3.8) is 0 Å². The van der Waals surface area contributed by atoms with Crippen LogP contribution in [0.2, 0.25) is 0 Å². The van der Waals surface area contributed by atoms with E-state index in [-0.39, 0.29) is 16.8 Å². The van der Waals surface area contributed by atoms with Gasteiger partial charge in [-0.2, -0.15) is 5.26 Å². The number of alkyl carbamates (subject to hydrolysis) is 1. The fourth-order valence-electron chi connectivity index (χ4n) is 0.979. The number of carbonyl (C=O) groups is 1. The maximum Gasteiger partial charge on any atom is 0.412 e. The van der Waals surface area contributed by atoms with Crippen LogP contribution in [0.15, 0.2) is 40.5 Å². The molecule has 0 aliphatic rings.